The molecule has 6 nitrogen and oxygen atoms in total. The van der Waals surface area contributed by atoms with E-state index in [-0.39, 0.29) is 0 Å². The molecule has 0 radical (unpaired) electrons. The van der Waals surface area contributed by atoms with Crippen LogP contribution in [-0.2, 0) is 20.0 Å². The molecule has 2 aliphatic heterocycles. The largest absolute Gasteiger partial charge is 0.383 e. The first kappa shape index (κ1) is 24.4. The third kappa shape index (κ3) is 5.84. The summed E-state index contributed by atoms with van der Waals surface area (Å²) in [6.07, 6.45) is 3.52. The van der Waals surface area contributed by atoms with Crippen molar-refractivity contribution in [3.05, 3.63) is 66.0 Å². The van der Waals surface area contributed by atoms with Crippen LogP contribution in [0.15, 0.2) is 49.2 Å². The van der Waals surface area contributed by atoms with E-state index in [0.29, 0.717) is 11.8 Å². The molecule has 0 bridgehead atoms. The molecule has 0 saturated carbocycles. The molecule has 2 N–H and O–H groups in total. The molecule has 1 fully saturated rings. The van der Waals surface area contributed by atoms with Crippen LogP contribution in [0, 0.1) is 11.8 Å². The molecule has 3 heterocycles. The lowest BCUT2D eigenvalue weighted by atomic mass is 9.99. The summed E-state index contributed by atoms with van der Waals surface area (Å²) in [6, 6.07) is 10.9. The maximum absolute atomic E-state index is 4.69. The zero-order valence-corrected chi connectivity index (χ0v) is 21.3. The van der Waals surface area contributed by atoms with Crippen LogP contribution in [0.5, 0.6) is 0 Å². The van der Waals surface area contributed by atoms with Gasteiger partial charge < -0.3 is 15.5 Å². The molecule has 2 aromatic rings. The predicted molar refractivity (Wildman–Crippen MR) is 142 cm³/mol. The zero-order chi connectivity index (χ0) is 24.1. The monoisotopic (exact) mass is 462 g/mol. The summed E-state index contributed by atoms with van der Waals surface area (Å²) in [5, 5.41) is 11.8. The smallest absolute Gasteiger partial charge is 0.124 e. The van der Waals surface area contributed by atoms with Crippen molar-refractivity contribution < 1.29 is 0 Å². The fourth-order valence-corrected chi connectivity index (χ4v) is 4.97. The summed E-state index contributed by atoms with van der Waals surface area (Å²) in [6.45, 7) is 20.5. The first-order chi connectivity index (χ1) is 16.4. The third-order valence-electron chi connectivity index (χ3n) is 7.39. The predicted octanol–water partition coefficient (Wildman–Crippen LogP) is 4.33. The maximum atomic E-state index is 4.69. The third-order valence-corrected chi connectivity index (χ3v) is 7.39. The summed E-state index contributed by atoms with van der Waals surface area (Å²) in [5.74, 6) is 2.00. The van der Waals surface area contributed by atoms with Crippen molar-refractivity contribution in [1.82, 2.24) is 24.9 Å². The number of aromatic nitrogens is 2. The molecule has 6 heteroatoms. The fraction of sp³-hybridized carbons (Fsp3) is 0.536. The van der Waals surface area contributed by atoms with E-state index in [4.69, 9.17) is 0 Å². The highest BCUT2D eigenvalue weighted by Crippen LogP contribution is 2.24. The zero-order valence-electron chi connectivity index (χ0n) is 21.3. The molecule has 184 valence electrons. The van der Waals surface area contributed by atoms with Crippen LogP contribution in [0.4, 0.5) is 5.82 Å². The molecule has 1 aromatic carbocycles. The Hall–Kier alpha value is -2.73. The average Bonchev–Trinajstić information content (AvgIpc) is 3.17. The highest BCUT2D eigenvalue weighted by Gasteiger charge is 2.22. The molecule has 0 aliphatic carbocycles. The summed E-state index contributed by atoms with van der Waals surface area (Å²) in [5.41, 5.74) is 6.04. The highest BCUT2D eigenvalue weighted by atomic mass is 15.3. The van der Waals surface area contributed by atoms with Crippen molar-refractivity contribution in [2.24, 2.45) is 18.9 Å². The van der Waals surface area contributed by atoms with Gasteiger partial charge in [-0.15, -0.1) is 0 Å². The lowest BCUT2D eigenvalue weighted by molar-refractivity contribution is 0.212. The second-order valence-electron chi connectivity index (χ2n) is 10.1. The van der Waals surface area contributed by atoms with Gasteiger partial charge in [0.05, 0.1) is 5.70 Å². The lowest BCUT2D eigenvalue weighted by Crippen LogP contribution is -2.39. The number of nitrogens with zero attached hydrogens (tertiary/aromatic N) is 4. The van der Waals surface area contributed by atoms with Gasteiger partial charge in [-0.1, -0.05) is 51.3 Å². The summed E-state index contributed by atoms with van der Waals surface area (Å²) >= 11 is 0. The normalized spacial score (nSPS) is 17.4. The number of anilines is 1. The molecule has 2 unspecified atom stereocenters. The first-order valence-corrected chi connectivity index (χ1v) is 12.9. The SMILES string of the molecule is C=C(NCC(C)CN1CCc2ccccc2C1)c1cc(NCC(CC)C(=C)N2CCC2)n(C)n1. The average molecular weight is 463 g/mol. The fourth-order valence-electron chi connectivity index (χ4n) is 4.97. The number of hydrogen-bond donors (Lipinski definition) is 2. The van der Waals surface area contributed by atoms with Gasteiger partial charge in [-0.3, -0.25) is 9.58 Å². The quantitative estimate of drug-likeness (QED) is 0.492. The van der Waals surface area contributed by atoms with E-state index in [9.17, 15) is 0 Å². The highest BCUT2D eigenvalue weighted by molar-refractivity contribution is 5.61. The number of aryl methyl sites for hydroxylation is 1. The van der Waals surface area contributed by atoms with E-state index in [0.717, 1.165) is 75.9 Å². The van der Waals surface area contributed by atoms with Crippen molar-refractivity contribution in [2.75, 3.05) is 44.6 Å². The van der Waals surface area contributed by atoms with Crippen molar-refractivity contribution >= 4 is 11.5 Å². The Labute approximate surface area is 205 Å². The summed E-state index contributed by atoms with van der Waals surface area (Å²) in [4.78, 5) is 4.97. The van der Waals surface area contributed by atoms with Gasteiger partial charge in [-0.2, -0.15) is 5.10 Å². The topological polar surface area (TPSA) is 48.4 Å². The van der Waals surface area contributed by atoms with Crippen LogP contribution in [-0.4, -0.2) is 58.8 Å². The van der Waals surface area contributed by atoms with Gasteiger partial charge in [0, 0.05) is 70.5 Å². The molecule has 4 rings (SSSR count). The van der Waals surface area contributed by atoms with Gasteiger partial charge >= 0.3 is 0 Å². The van der Waals surface area contributed by atoms with Crippen molar-refractivity contribution in [3.63, 3.8) is 0 Å². The van der Waals surface area contributed by atoms with E-state index in [1.54, 1.807) is 0 Å². The molecule has 0 amide bonds. The van der Waals surface area contributed by atoms with Gasteiger partial charge in [0.1, 0.15) is 11.5 Å². The van der Waals surface area contributed by atoms with E-state index < -0.39 is 0 Å². The molecule has 1 saturated heterocycles. The second-order valence-corrected chi connectivity index (χ2v) is 10.1. The van der Waals surface area contributed by atoms with E-state index >= 15 is 0 Å². The molecular formula is C28H42N6. The maximum Gasteiger partial charge on any atom is 0.124 e. The molecule has 1 aromatic heterocycles. The van der Waals surface area contributed by atoms with Crippen LogP contribution in [0.1, 0.15) is 43.5 Å². The van der Waals surface area contributed by atoms with Gasteiger partial charge in [0.2, 0.25) is 0 Å². The Morgan fingerprint density at radius 1 is 1.12 bits per heavy atom. The molecule has 2 aliphatic rings. The Bertz CT molecular complexity index is 989. The summed E-state index contributed by atoms with van der Waals surface area (Å²) in [7, 11) is 1.99. The number of hydrogen-bond acceptors (Lipinski definition) is 5. The molecule has 0 spiro atoms. The van der Waals surface area contributed by atoms with Crippen LogP contribution in [0.3, 0.4) is 0 Å². The number of fused-ring (bicyclic) bond motifs is 1. The van der Waals surface area contributed by atoms with Gasteiger partial charge in [0.25, 0.3) is 0 Å². The van der Waals surface area contributed by atoms with Crippen LogP contribution >= 0.6 is 0 Å². The standard InChI is InChI=1S/C28H42N6/c1-6-24(23(4)34-13-9-14-34)18-30-28-16-27(31-32(28)5)22(3)29-17-21(2)19-33-15-12-25-10-7-8-11-26(25)20-33/h7-8,10-11,16,21,24,29-30H,3-4,6,9,12-15,17-20H2,1-2,5H3. The Morgan fingerprint density at radius 2 is 1.88 bits per heavy atom. The van der Waals surface area contributed by atoms with Gasteiger partial charge in [0.15, 0.2) is 0 Å². The lowest BCUT2D eigenvalue weighted by Gasteiger charge is -2.38. The summed E-state index contributed by atoms with van der Waals surface area (Å²) < 4.78 is 1.91. The van der Waals surface area contributed by atoms with Crippen molar-refractivity contribution in [2.45, 2.75) is 39.7 Å². The number of nitrogens with one attached hydrogen (secondary N) is 2. The number of likely N-dealkylation sites (tertiary alicyclic amines) is 1. The minimum absolute atomic E-state index is 0.447. The van der Waals surface area contributed by atoms with Crippen LogP contribution < -0.4 is 10.6 Å². The minimum Gasteiger partial charge on any atom is -0.383 e. The van der Waals surface area contributed by atoms with Crippen molar-refractivity contribution in [3.8, 4) is 0 Å². The Morgan fingerprint density at radius 3 is 2.59 bits per heavy atom. The number of benzene rings is 1. The Kier molecular flexibility index (Phi) is 7.99. The number of rotatable bonds is 12. The molecule has 2 atom stereocenters. The molecule has 34 heavy (non-hydrogen) atoms. The second kappa shape index (κ2) is 11.1. The van der Waals surface area contributed by atoms with E-state index in [2.05, 4.69) is 82.9 Å². The molecular weight excluding hydrogens is 420 g/mol. The Balaban J connectivity index is 1.23. The van der Waals surface area contributed by atoms with Crippen LogP contribution in [0.2, 0.25) is 0 Å². The van der Waals surface area contributed by atoms with Gasteiger partial charge in [-0.05, 0) is 36.3 Å². The first-order valence-electron chi connectivity index (χ1n) is 12.9. The van der Waals surface area contributed by atoms with Gasteiger partial charge in [-0.25, -0.2) is 0 Å². The van der Waals surface area contributed by atoms with Crippen LogP contribution in [0.25, 0.3) is 5.70 Å². The van der Waals surface area contributed by atoms with Crippen molar-refractivity contribution in [1.29, 1.82) is 0 Å². The van der Waals surface area contributed by atoms with E-state index in [1.807, 2.05) is 11.7 Å². The minimum atomic E-state index is 0.447. The van der Waals surface area contributed by atoms with E-state index in [1.165, 1.54) is 23.2 Å².